The van der Waals surface area contributed by atoms with Crippen molar-refractivity contribution in [2.75, 3.05) is 0 Å². The zero-order valence-electron chi connectivity index (χ0n) is 6.86. The lowest BCUT2D eigenvalue weighted by molar-refractivity contribution is 0.467. The van der Waals surface area contributed by atoms with E-state index in [1.54, 1.807) is 12.3 Å². The van der Waals surface area contributed by atoms with Crippen LogP contribution in [0.3, 0.4) is 0 Å². The van der Waals surface area contributed by atoms with Crippen LogP contribution in [0.15, 0.2) is 41.7 Å². The lowest BCUT2D eigenvalue weighted by atomic mass is 10.1. The Kier molecular flexibility index (Phi) is 3.20. The summed E-state index contributed by atoms with van der Waals surface area (Å²) in [5.41, 5.74) is 1.13. The molecule has 0 aliphatic heterocycles. The minimum absolute atomic E-state index is 0.632. The smallest absolute Gasteiger partial charge is 0.111 e. The third-order valence-electron chi connectivity index (χ3n) is 1.61. The summed E-state index contributed by atoms with van der Waals surface area (Å²) in [6.07, 6.45) is 7.60. The van der Waals surface area contributed by atoms with Gasteiger partial charge in [0.25, 0.3) is 0 Å². The molecule has 0 saturated carbocycles. The Hall–Kier alpha value is -1.44. The summed E-state index contributed by atoms with van der Waals surface area (Å²) in [5, 5.41) is 8.44. The average molecular weight is 164 g/mol. The first kappa shape index (κ1) is 8.65. The Morgan fingerprint density at radius 2 is 2.33 bits per heavy atom. The first-order chi connectivity index (χ1) is 5.88. The average Bonchev–Trinajstić information content (AvgIpc) is 2.50. The van der Waals surface area contributed by atoms with E-state index in [-0.39, 0.29) is 0 Å². The molecule has 0 radical (unpaired) electrons. The normalized spacial score (nSPS) is 10.7. The summed E-state index contributed by atoms with van der Waals surface area (Å²) in [7, 11) is 0. The molecule has 12 heavy (non-hydrogen) atoms. The molecule has 0 spiro atoms. The fourth-order valence-corrected chi connectivity index (χ4v) is 1.04. The van der Waals surface area contributed by atoms with E-state index in [0.29, 0.717) is 6.42 Å². The monoisotopic (exact) mass is 164 g/mol. The molecule has 0 amide bonds. The highest BCUT2D eigenvalue weighted by atomic mass is 16.3. The molecule has 1 rings (SSSR count). The molecule has 2 nitrogen and oxygen atoms in total. The van der Waals surface area contributed by atoms with Gasteiger partial charge >= 0.3 is 0 Å². The topological polar surface area (TPSA) is 33.4 Å². The fraction of sp³-hybridized carbons (Fsp3) is 0.200. The Morgan fingerprint density at radius 1 is 1.50 bits per heavy atom. The van der Waals surface area contributed by atoms with Gasteiger partial charge in [0.2, 0.25) is 0 Å². The molecule has 0 aromatic carbocycles. The van der Waals surface area contributed by atoms with Crippen LogP contribution < -0.4 is 0 Å². The Morgan fingerprint density at radius 3 is 3.00 bits per heavy atom. The maximum atomic E-state index is 8.44. The number of rotatable bonds is 4. The van der Waals surface area contributed by atoms with Crippen molar-refractivity contribution in [3.8, 4) is 0 Å². The highest BCUT2D eigenvalue weighted by molar-refractivity contribution is 5.21. The fourth-order valence-electron chi connectivity index (χ4n) is 1.04. The quantitative estimate of drug-likeness (QED) is 0.548. The molecule has 1 heterocycles. The van der Waals surface area contributed by atoms with E-state index < -0.39 is 0 Å². The molecule has 2 heteroatoms. The van der Waals surface area contributed by atoms with Crippen LogP contribution in [-0.4, -0.2) is 5.11 Å². The van der Waals surface area contributed by atoms with E-state index in [1.807, 2.05) is 12.1 Å². The number of allylic oxidation sites excluding steroid dienone is 2. The highest BCUT2D eigenvalue weighted by Gasteiger charge is 2.01. The first-order valence-corrected chi connectivity index (χ1v) is 3.84. The maximum Gasteiger partial charge on any atom is 0.111 e. The van der Waals surface area contributed by atoms with Gasteiger partial charge in [0.05, 0.1) is 12.5 Å². The van der Waals surface area contributed by atoms with Crippen molar-refractivity contribution < 1.29 is 9.52 Å². The summed E-state index contributed by atoms with van der Waals surface area (Å²) < 4.78 is 5.21. The van der Waals surface area contributed by atoms with Gasteiger partial charge in [-0.05, 0) is 24.1 Å². The summed E-state index contributed by atoms with van der Waals surface area (Å²) in [4.78, 5) is 0. The van der Waals surface area contributed by atoms with Gasteiger partial charge in [-0.25, -0.2) is 0 Å². The lowest BCUT2D eigenvalue weighted by Crippen LogP contribution is -1.84. The summed E-state index contributed by atoms with van der Waals surface area (Å²) >= 11 is 0. The summed E-state index contributed by atoms with van der Waals surface area (Å²) in [5.74, 6) is 0.889. The molecule has 1 aromatic heterocycles. The predicted octanol–water partition coefficient (Wildman–Crippen LogP) is 2.62. The largest absolute Gasteiger partial charge is 0.516 e. The third-order valence-corrected chi connectivity index (χ3v) is 1.61. The minimum atomic E-state index is 0.632. The standard InChI is InChI=1S/C10H12O2/c1-2-4-9-6-8-12-10(9)5-3-7-11/h2-3,6-8,11H,1,4-5H2. The molecular formula is C10H12O2. The van der Waals surface area contributed by atoms with Gasteiger partial charge in [-0.15, -0.1) is 6.58 Å². The van der Waals surface area contributed by atoms with Crippen LogP contribution in [0.25, 0.3) is 0 Å². The van der Waals surface area contributed by atoms with Gasteiger partial charge in [0, 0.05) is 6.42 Å². The highest BCUT2D eigenvalue weighted by Crippen LogP contribution is 2.12. The van der Waals surface area contributed by atoms with Gasteiger partial charge in [-0.2, -0.15) is 0 Å². The van der Waals surface area contributed by atoms with Crippen molar-refractivity contribution in [1.82, 2.24) is 0 Å². The van der Waals surface area contributed by atoms with Crippen molar-refractivity contribution in [2.45, 2.75) is 12.8 Å². The third kappa shape index (κ3) is 2.02. The van der Waals surface area contributed by atoms with E-state index in [2.05, 4.69) is 6.58 Å². The van der Waals surface area contributed by atoms with E-state index in [9.17, 15) is 0 Å². The second kappa shape index (κ2) is 4.44. The molecule has 1 aromatic rings. The molecule has 0 saturated heterocycles. The maximum absolute atomic E-state index is 8.44. The van der Waals surface area contributed by atoms with Crippen molar-refractivity contribution in [3.63, 3.8) is 0 Å². The van der Waals surface area contributed by atoms with Gasteiger partial charge in [0.1, 0.15) is 5.76 Å². The van der Waals surface area contributed by atoms with E-state index in [0.717, 1.165) is 24.0 Å². The van der Waals surface area contributed by atoms with E-state index in [4.69, 9.17) is 9.52 Å². The van der Waals surface area contributed by atoms with Crippen LogP contribution >= 0.6 is 0 Å². The molecule has 0 aliphatic carbocycles. The molecule has 0 fully saturated rings. The Labute approximate surface area is 71.8 Å². The zero-order chi connectivity index (χ0) is 8.81. The number of aliphatic hydroxyl groups is 1. The molecule has 0 aliphatic rings. The van der Waals surface area contributed by atoms with Crippen LogP contribution in [-0.2, 0) is 12.8 Å². The number of hydrogen-bond acceptors (Lipinski definition) is 2. The Bertz CT molecular complexity index is 271. The predicted molar refractivity (Wildman–Crippen MR) is 48.1 cm³/mol. The van der Waals surface area contributed by atoms with E-state index in [1.165, 1.54) is 0 Å². The number of hydrogen-bond donors (Lipinski definition) is 1. The SMILES string of the molecule is C=CCc1ccoc1CC=CO. The van der Waals surface area contributed by atoms with Crippen molar-refractivity contribution in [1.29, 1.82) is 0 Å². The minimum Gasteiger partial charge on any atom is -0.516 e. The van der Waals surface area contributed by atoms with Crippen LogP contribution in [0.5, 0.6) is 0 Å². The van der Waals surface area contributed by atoms with Gasteiger partial charge in [-0.3, -0.25) is 0 Å². The molecule has 1 N–H and O–H groups in total. The van der Waals surface area contributed by atoms with Crippen molar-refractivity contribution >= 4 is 0 Å². The van der Waals surface area contributed by atoms with Gasteiger partial charge in [0.15, 0.2) is 0 Å². The Balaban J connectivity index is 2.69. The second-order valence-electron chi connectivity index (χ2n) is 2.45. The van der Waals surface area contributed by atoms with Crippen LogP contribution in [0.4, 0.5) is 0 Å². The van der Waals surface area contributed by atoms with Crippen LogP contribution in [0.1, 0.15) is 11.3 Å². The van der Waals surface area contributed by atoms with Crippen molar-refractivity contribution in [3.05, 3.63) is 48.6 Å². The van der Waals surface area contributed by atoms with E-state index >= 15 is 0 Å². The lowest BCUT2D eigenvalue weighted by Gasteiger charge is -1.94. The first-order valence-electron chi connectivity index (χ1n) is 3.84. The van der Waals surface area contributed by atoms with Crippen LogP contribution in [0, 0.1) is 0 Å². The number of furan rings is 1. The summed E-state index contributed by atoms with van der Waals surface area (Å²) in [6, 6.07) is 1.92. The summed E-state index contributed by atoms with van der Waals surface area (Å²) in [6.45, 7) is 3.65. The van der Waals surface area contributed by atoms with Gasteiger partial charge in [-0.1, -0.05) is 6.08 Å². The van der Waals surface area contributed by atoms with Crippen LogP contribution in [0.2, 0.25) is 0 Å². The second-order valence-corrected chi connectivity index (χ2v) is 2.45. The molecule has 64 valence electrons. The zero-order valence-corrected chi connectivity index (χ0v) is 6.86. The molecule has 0 unspecified atom stereocenters. The molecular weight excluding hydrogens is 152 g/mol. The molecule has 0 atom stereocenters. The number of aliphatic hydroxyl groups excluding tert-OH is 1. The van der Waals surface area contributed by atoms with Crippen molar-refractivity contribution in [2.24, 2.45) is 0 Å². The van der Waals surface area contributed by atoms with Gasteiger partial charge < -0.3 is 9.52 Å². The molecule has 0 bridgehead atoms.